The Hall–Kier alpha value is -1.20. The predicted molar refractivity (Wildman–Crippen MR) is 59.3 cm³/mol. The first-order chi connectivity index (χ1) is 7.13. The molecule has 0 aliphatic rings. The van der Waals surface area contributed by atoms with Crippen LogP contribution in [0.1, 0.15) is 0 Å². The van der Waals surface area contributed by atoms with Crippen LogP contribution in [0.5, 0.6) is 5.75 Å². The second kappa shape index (κ2) is 5.63. The second-order valence-electron chi connectivity index (χ2n) is 2.93. The van der Waals surface area contributed by atoms with E-state index in [0.29, 0.717) is 5.75 Å². The van der Waals surface area contributed by atoms with Gasteiger partial charge in [-0.1, -0.05) is 6.07 Å². The van der Waals surface area contributed by atoms with Crippen molar-refractivity contribution in [3.8, 4) is 5.75 Å². The number of hydrogen-bond donors (Lipinski definition) is 2. The molecule has 3 N–H and O–H groups in total. The molecule has 0 aliphatic carbocycles. The van der Waals surface area contributed by atoms with Crippen LogP contribution >= 0.6 is 11.8 Å². The van der Waals surface area contributed by atoms with Crippen LogP contribution in [0.3, 0.4) is 0 Å². The number of carboxylic acid groups (broad SMARTS) is 1. The normalized spacial score (nSPS) is 12.1. The third-order valence-corrected chi connectivity index (χ3v) is 2.90. The zero-order valence-electron chi connectivity index (χ0n) is 8.34. The van der Waals surface area contributed by atoms with Crippen molar-refractivity contribution in [2.24, 2.45) is 5.73 Å². The summed E-state index contributed by atoms with van der Waals surface area (Å²) in [5, 5.41) is 8.60. The number of methoxy groups -OCH3 is 1. The fourth-order valence-electron chi connectivity index (χ4n) is 0.948. The Morgan fingerprint density at radius 2 is 2.40 bits per heavy atom. The Balaban J connectivity index is 2.53. The van der Waals surface area contributed by atoms with Gasteiger partial charge in [0.05, 0.1) is 7.11 Å². The lowest BCUT2D eigenvalue weighted by Gasteiger charge is -2.06. The number of hydrogen-bond acceptors (Lipinski definition) is 4. The number of carbonyl (C=O) groups is 1. The molecule has 1 aromatic rings. The minimum Gasteiger partial charge on any atom is -0.497 e. The average molecular weight is 227 g/mol. The predicted octanol–water partition coefficient (Wildman–Crippen LogP) is 1.20. The minimum absolute atomic E-state index is 0.350. The molecule has 5 heteroatoms. The fraction of sp³-hybridized carbons (Fsp3) is 0.300. The van der Waals surface area contributed by atoms with Crippen LogP contribution in [0.4, 0.5) is 0 Å². The van der Waals surface area contributed by atoms with E-state index >= 15 is 0 Å². The van der Waals surface area contributed by atoms with Gasteiger partial charge in [-0.05, 0) is 18.2 Å². The van der Waals surface area contributed by atoms with Gasteiger partial charge in [0.1, 0.15) is 11.8 Å². The molecule has 0 bridgehead atoms. The van der Waals surface area contributed by atoms with E-state index < -0.39 is 12.0 Å². The van der Waals surface area contributed by atoms with E-state index in [0.717, 1.165) is 10.6 Å². The van der Waals surface area contributed by atoms with Gasteiger partial charge in [0, 0.05) is 10.6 Å². The zero-order chi connectivity index (χ0) is 11.3. The first kappa shape index (κ1) is 11.9. The third kappa shape index (κ3) is 3.81. The highest BCUT2D eigenvalue weighted by molar-refractivity contribution is 7.99. The van der Waals surface area contributed by atoms with E-state index in [1.807, 2.05) is 24.3 Å². The standard InChI is InChI=1S/C10H13NO3S/c1-14-7-3-2-4-8(5-7)15-6-9(11)10(12)13/h2-5,9H,6,11H2,1H3,(H,12,13). The van der Waals surface area contributed by atoms with Gasteiger partial charge in [-0.3, -0.25) is 4.79 Å². The second-order valence-corrected chi connectivity index (χ2v) is 4.03. The van der Waals surface area contributed by atoms with Crippen molar-refractivity contribution in [3.05, 3.63) is 24.3 Å². The summed E-state index contributed by atoms with van der Waals surface area (Å²) in [7, 11) is 1.59. The number of rotatable bonds is 5. The molecule has 1 rings (SSSR count). The summed E-state index contributed by atoms with van der Waals surface area (Å²) < 4.78 is 5.05. The summed E-state index contributed by atoms with van der Waals surface area (Å²) in [6, 6.07) is 6.59. The van der Waals surface area contributed by atoms with Gasteiger partial charge in [0.2, 0.25) is 0 Å². The average Bonchev–Trinajstić information content (AvgIpc) is 2.26. The largest absolute Gasteiger partial charge is 0.497 e. The highest BCUT2D eigenvalue weighted by Crippen LogP contribution is 2.22. The Morgan fingerprint density at radius 1 is 1.67 bits per heavy atom. The molecular weight excluding hydrogens is 214 g/mol. The molecule has 1 atom stereocenters. The summed E-state index contributed by atoms with van der Waals surface area (Å²) in [6.45, 7) is 0. The van der Waals surface area contributed by atoms with Crippen molar-refractivity contribution in [3.63, 3.8) is 0 Å². The summed E-state index contributed by atoms with van der Waals surface area (Å²) in [4.78, 5) is 11.4. The van der Waals surface area contributed by atoms with E-state index in [-0.39, 0.29) is 0 Å². The van der Waals surface area contributed by atoms with Crippen molar-refractivity contribution >= 4 is 17.7 Å². The van der Waals surface area contributed by atoms with Gasteiger partial charge in [0.25, 0.3) is 0 Å². The van der Waals surface area contributed by atoms with Crippen molar-refractivity contribution in [1.29, 1.82) is 0 Å². The summed E-state index contributed by atoms with van der Waals surface area (Å²) in [6.07, 6.45) is 0. The fourth-order valence-corrected chi connectivity index (χ4v) is 1.84. The van der Waals surface area contributed by atoms with Gasteiger partial charge in [-0.2, -0.15) is 0 Å². The molecule has 0 fully saturated rings. The van der Waals surface area contributed by atoms with E-state index in [1.54, 1.807) is 7.11 Å². The minimum atomic E-state index is -0.981. The number of aliphatic carboxylic acids is 1. The summed E-state index contributed by atoms with van der Waals surface area (Å²) in [5.41, 5.74) is 5.38. The lowest BCUT2D eigenvalue weighted by atomic mass is 10.3. The van der Waals surface area contributed by atoms with E-state index in [1.165, 1.54) is 11.8 Å². The van der Waals surface area contributed by atoms with E-state index in [9.17, 15) is 4.79 Å². The highest BCUT2D eigenvalue weighted by Gasteiger charge is 2.11. The van der Waals surface area contributed by atoms with Crippen LogP contribution in [-0.2, 0) is 4.79 Å². The molecule has 0 aliphatic heterocycles. The Labute approximate surface area is 92.4 Å². The summed E-state index contributed by atoms with van der Waals surface area (Å²) >= 11 is 1.40. The SMILES string of the molecule is COc1cccc(SCC(N)C(=O)O)c1. The smallest absolute Gasteiger partial charge is 0.321 e. The monoisotopic (exact) mass is 227 g/mol. The summed E-state index contributed by atoms with van der Waals surface area (Å²) in [5.74, 6) is 0.122. The molecule has 0 amide bonds. The van der Waals surface area contributed by atoms with Crippen LogP contribution in [-0.4, -0.2) is 30.0 Å². The molecular formula is C10H13NO3S. The van der Waals surface area contributed by atoms with Crippen molar-refractivity contribution in [2.75, 3.05) is 12.9 Å². The van der Waals surface area contributed by atoms with Crippen LogP contribution in [0.25, 0.3) is 0 Å². The number of benzene rings is 1. The van der Waals surface area contributed by atoms with Crippen LogP contribution in [0, 0.1) is 0 Å². The molecule has 0 heterocycles. The molecule has 0 radical (unpaired) electrons. The third-order valence-electron chi connectivity index (χ3n) is 1.79. The number of ether oxygens (including phenoxy) is 1. The highest BCUT2D eigenvalue weighted by atomic mass is 32.2. The molecule has 0 saturated heterocycles. The van der Waals surface area contributed by atoms with Crippen molar-refractivity contribution in [2.45, 2.75) is 10.9 Å². The van der Waals surface area contributed by atoms with Gasteiger partial charge in [-0.25, -0.2) is 0 Å². The first-order valence-electron chi connectivity index (χ1n) is 4.38. The van der Waals surface area contributed by atoms with Crippen LogP contribution in [0.15, 0.2) is 29.2 Å². The van der Waals surface area contributed by atoms with Crippen molar-refractivity contribution in [1.82, 2.24) is 0 Å². The van der Waals surface area contributed by atoms with E-state index in [2.05, 4.69) is 0 Å². The molecule has 82 valence electrons. The molecule has 0 saturated carbocycles. The molecule has 0 aromatic heterocycles. The van der Waals surface area contributed by atoms with Gasteiger partial charge < -0.3 is 15.6 Å². The number of thioether (sulfide) groups is 1. The molecule has 0 spiro atoms. The maximum absolute atomic E-state index is 10.5. The van der Waals surface area contributed by atoms with E-state index in [4.69, 9.17) is 15.6 Å². The topological polar surface area (TPSA) is 72.5 Å². The number of nitrogens with two attached hydrogens (primary N) is 1. The van der Waals surface area contributed by atoms with Crippen LogP contribution < -0.4 is 10.5 Å². The quantitative estimate of drug-likeness (QED) is 0.739. The molecule has 1 unspecified atom stereocenters. The molecule has 4 nitrogen and oxygen atoms in total. The van der Waals surface area contributed by atoms with Crippen LogP contribution in [0.2, 0.25) is 0 Å². The lowest BCUT2D eigenvalue weighted by molar-refractivity contribution is -0.137. The Bertz CT molecular complexity index is 343. The van der Waals surface area contributed by atoms with Gasteiger partial charge in [0.15, 0.2) is 0 Å². The number of carboxylic acids is 1. The Morgan fingerprint density at radius 3 is 3.00 bits per heavy atom. The van der Waals surface area contributed by atoms with Gasteiger partial charge in [-0.15, -0.1) is 11.8 Å². The maximum atomic E-state index is 10.5. The molecule has 15 heavy (non-hydrogen) atoms. The van der Waals surface area contributed by atoms with Gasteiger partial charge >= 0.3 is 5.97 Å². The lowest BCUT2D eigenvalue weighted by Crippen LogP contribution is -2.32. The Kier molecular flexibility index (Phi) is 4.45. The maximum Gasteiger partial charge on any atom is 0.321 e. The van der Waals surface area contributed by atoms with Crippen molar-refractivity contribution < 1.29 is 14.6 Å². The zero-order valence-corrected chi connectivity index (χ0v) is 9.16. The molecule has 1 aromatic carbocycles. The first-order valence-corrected chi connectivity index (χ1v) is 5.37.